The second kappa shape index (κ2) is 9.50. The Hall–Kier alpha value is -4.12. The van der Waals surface area contributed by atoms with Gasteiger partial charge in [-0.15, -0.1) is 0 Å². The van der Waals surface area contributed by atoms with Gasteiger partial charge in [0.2, 0.25) is 0 Å². The molecule has 2 heterocycles. The van der Waals surface area contributed by atoms with Crippen LogP contribution in [0.5, 0.6) is 0 Å². The average molecular weight is 499 g/mol. The summed E-state index contributed by atoms with van der Waals surface area (Å²) >= 11 is 5.97. The fourth-order valence-corrected chi connectivity index (χ4v) is 4.45. The zero-order chi connectivity index (χ0) is 25.4. The van der Waals surface area contributed by atoms with Gasteiger partial charge in [0, 0.05) is 47.5 Å². The minimum absolute atomic E-state index is 0.00448. The number of hydrogen-bond donors (Lipinski definition) is 2. The van der Waals surface area contributed by atoms with Gasteiger partial charge in [-0.1, -0.05) is 23.7 Å². The Morgan fingerprint density at radius 3 is 2.64 bits per heavy atom. The van der Waals surface area contributed by atoms with Gasteiger partial charge < -0.3 is 20.1 Å². The Bertz CT molecular complexity index is 1640. The van der Waals surface area contributed by atoms with Crippen molar-refractivity contribution in [1.29, 1.82) is 5.26 Å². The number of H-pyrrole nitrogens is 1. The summed E-state index contributed by atoms with van der Waals surface area (Å²) < 4.78 is 13.7. The Balaban J connectivity index is 1.54. The maximum Gasteiger partial charge on any atom is 0.141 e. The highest BCUT2D eigenvalue weighted by Crippen LogP contribution is 2.35. The lowest BCUT2D eigenvalue weighted by Gasteiger charge is -2.19. The molecule has 0 spiro atoms. The normalized spacial score (nSPS) is 11.2. The van der Waals surface area contributed by atoms with Crippen LogP contribution in [-0.4, -0.2) is 36.0 Å². The Morgan fingerprint density at radius 2 is 1.89 bits per heavy atom. The van der Waals surface area contributed by atoms with Crippen molar-refractivity contribution < 1.29 is 4.39 Å². The van der Waals surface area contributed by atoms with Gasteiger partial charge in [-0.3, -0.25) is 4.98 Å². The molecule has 0 saturated carbocycles. The molecule has 0 unspecified atom stereocenters. The van der Waals surface area contributed by atoms with Crippen molar-refractivity contribution in [1.82, 2.24) is 14.9 Å². The van der Waals surface area contributed by atoms with E-state index in [0.29, 0.717) is 16.9 Å². The molecule has 0 saturated heterocycles. The molecule has 180 valence electrons. The molecule has 0 aliphatic carbocycles. The Labute approximate surface area is 213 Å². The van der Waals surface area contributed by atoms with Crippen molar-refractivity contribution in [3.63, 3.8) is 0 Å². The Morgan fingerprint density at radius 1 is 1.06 bits per heavy atom. The number of benzene rings is 3. The second-order valence-electron chi connectivity index (χ2n) is 8.99. The molecule has 8 heteroatoms. The monoisotopic (exact) mass is 498 g/mol. The van der Waals surface area contributed by atoms with E-state index in [1.165, 1.54) is 23.9 Å². The van der Waals surface area contributed by atoms with Gasteiger partial charge in [0.1, 0.15) is 17.7 Å². The predicted molar refractivity (Wildman–Crippen MR) is 145 cm³/mol. The highest BCUT2D eigenvalue weighted by molar-refractivity contribution is 6.31. The first-order valence-corrected chi connectivity index (χ1v) is 11.8. The minimum atomic E-state index is -0.501. The van der Waals surface area contributed by atoms with Crippen molar-refractivity contribution >= 4 is 56.3 Å². The van der Waals surface area contributed by atoms with E-state index in [2.05, 4.69) is 69.5 Å². The van der Waals surface area contributed by atoms with E-state index < -0.39 is 5.82 Å². The fraction of sp³-hybridized carbons (Fsp3) is 0.143. The number of nitrogens with one attached hydrogen (secondary N) is 2. The van der Waals surface area contributed by atoms with Crippen molar-refractivity contribution in [2.45, 2.75) is 6.54 Å². The smallest absolute Gasteiger partial charge is 0.141 e. The van der Waals surface area contributed by atoms with E-state index in [9.17, 15) is 9.65 Å². The summed E-state index contributed by atoms with van der Waals surface area (Å²) in [7, 11) is 6.09. The van der Waals surface area contributed by atoms with E-state index in [4.69, 9.17) is 11.6 Å². The maximum absolute atomic E-state index is 13.7. The summed E-state index contributed by atoms with van der Waals surface area (Å²) in [5, 5.41) is 14.9. The second-order valence-corrected chi connectivity index (χ2v) is 9.39. The van der Waals surface area contributed by atoms with Crippen LogP contribution < -0.4 is 10.2 Å². The van der Waals surface area contributed by atoms with Crippen LogP contribution in [-0.2, 0) is 6.54 Å². The van der Waals surface area contributed by atoms with Crippen LogP contribution >= 0.6 is 11.6 Å². The lowest BCUT2D eigenvalue weighted by molar-refractivity contribution is 0.403. The molecule has 0 amide bonds. The van der Waals surface area contributed by atoms with Crippen LogP contribution in [0.15, 0.2) is 66.9 Å². The molecule has 36 heavy (non-hydrogen) atoms. The fourth-order valence-electron chi connectivity index (χ4n) is 4.27. The van der Waals surface area contributed by atoms with Crippen LogP contribution in [0.1, 0.15) is 11.1 Å². The number of hydrogen-bond acceptors (Lipinski definition) is 5. The van der Waals surface area contributed by atoms with E-state index in [1.54, 1.807) is 6.07 Å². The van der Waals surface area contributed by atoms with Gasteiger partial charge in [0.25, 0.3) is 0 Å². The number of fused-ring (bicyclic) bond motifs is 2. The average Bonchev–Trinajstić information content (AvgIpc) is 3.29. The zero-order valence-electron chi connectivity index (χ0n) is 20.1. The van der Waals surface area contributed by atoms with E-state index in [1.807, 2.05) is 25.2 Å². The van der Waals surface area contributed by atoms with Crippen LogP contribution in [0.2, 0.25) is 5.02 Å². The summed E-state index contributed by atoms with van der Waals surface area (Å²) in [6.07, 6.45) is 1.53. The molecule has 0 atom stereocenters. The van der Waals surface area contributed by atoms with Crippen molar-refractivity contribution in [2.24, 2.45) is 0 Å². The van der Waals surface area contributed by atoms with E-state index in [0.717, 1.165) is 39.9 Å². The number of nitriles is 1. The van der Waals surface area contributed by atoms with Crippen LogP contribution in [0.25, 0.3) is 21.8 Å². The largest absolute Gasteiger partial charge is 0.354 e. The predicted octanol–water partition coefficient (Wildman–Crippen LogP) is 6.95. The molecular weight excluding hydrogens is 475 g/mol. The topological polar surface area (TPSA) is 71.0 Å². The third kappa shape index (κ3) is 4.57. The van der Waals surface area contributed by atoms with Gasteiger partial charge in [-0.2, -0.15) is 5.26 Å². The molecule has 5 aromatic rings. The molecule has 0 fully saturated rings. The first-order valence-electron chi connectivity index (χ1n) is 11.4. The number of nitrogens with zero attached hydrogens (tertiary/aromatic N) is 4. The van der Waals surface area contributed by atoms with Crippen molar-refractivity contribution in [3.05, 3.63) is 88.8 Å². The van der Waals surface area contributed by atoms with Gasteiger partial charge in [0.05, 0.1) is 21.8 Å². The molecule has 2 N–H and O–H groups in total. The number of aromatic nitrogens is 2. The molecule has 0 bridgehead atoms. The van der Waals surface area contributed by atoms with Gasteiger partial charge in [-0.25, -0.2) is 4.39 Å². The molecule has 0 radical (unpaired) electrons. The van der Waals surface area contributed by atoms with E-state index in [-0.39, 0.29) is 5.02 Å². The standard InChI is InChI=1S/C28H24ClFN6/c1-35(2)16-17-4-5-18-11-27(34-26(18)10-17)36(3)21-7-9-25-22(13-21)28(19(14-31)15-32-25)33-20-6-8-24(30)23(29)12-20/h4-13,15,34H,16H2,1-3H3,(H,32,33). The van der Waals surface area contributed by atoms with Gasteiger partial charge in [-0.05, 0) is 68.2 Å². The quantitative estimate of drug-likeness (QED) is 0.265. The number of rotatable bonds is 6. The first-order chi connectivity index (χ1) is 17.3. The number of pyridine rings is 1. The van der Waals surface area contributed by atoms with Gasteiger partial charge in [0.15, 0.2) is 0 Å². The lowest BCUT2D eigenvalue weighted by Crippen LogP contribution is -2.10. The first kappa shape index (κ1) is 23.6. The maximum atomic E-state index is 13.7. The lowest BCUT2D eigenvalue weighted by atomic mass is 10.1. The molecule has 6 nitrogen and oxygen atoms in total. The summed E-state index contributed by atoms with van der Waals surface area (Å²) in [6.45, 7) is 0.869. The highest BCUT2D eigenvalue weighted by atomic mass is 35.5. The van der Waals surface area contributed by atoms with Crippen LogP contribution in [0.4, 0.5) is 27.3 Å². The number of halogens is 2. The molecule has 3 aromatic carbocycles. The third-order valence-corrected chi connectivity index (χ3v) is 6.37. The highest BCUT2D eigenvalue weighted by Gasteiger charge is 2.14. The summed E-state index contributed by atoms with van der Waals surface area (Å²) in [6, 6.07) is 21.0. The minimum Gasteiger partial charge on any atom is -0.354 e. The SMILES string of the molecule is CN(C)Cc1ccc2cc(N(C)c3ccc4ncc(C#N)c(Nc5ccc(F)c(Cl)c5)c4c3)[nH]c2c1. The summed E-state index contributed by atoms with van der Waals surface area (Å²) in [5.74, 6) is 0.439. The number of aromatic amines is 1. The van der Waals surface area contributed by atoms with Crippen LogP contribution in [0.3, 0.4) is 0 Å². The van der Waals surface area contributed by atoms with Crippen LogP contribution in [0, 0.1) is 17.1 Å². The van der Waals surface area contributed by atoms with E-state index >= 15 is 0 Å². The zero-order valence-corrected chi connectivity index (χ0v) is 20.9. The van der Waals surface area contributed by atoms with Crippen molar-refractivity contribution in [2.75, 3.05) is 31.4 Å². The van der Waals surface area contributed by atoms with Gasteiger partial charge >= 0.3 is 0 Å². The molecule has 5 rings (SSSR count). The molecule has 0 aliphatic rings. The third-order valence-electron chi connectivity index (χ3n) is 6.08. The van der Waals surface area contributed by atoms with Crippen molar-refractivity contribution in [3.8, 4) is 6.07 Å². The summed E-state index contributed by atoms with van der Waals surface area (Å²) in [5.41, 5.74) is 5.49. The molecule has 0 aliphatic heterocycles. The number of anilines is 4. The molecular formula is C28H24ClFN6. The summed E-state index contributed by atoms with van der Waals surface area (Å²) in [4.78, 5) is 12.2. The Kier molecular flexibility index (Phi) is 6.23. The molecule has 2 aromatic heterocycles.